The highest BCUT2D eigenvalue weighted by Crippen LogP contribution is 2.45. The summed E-state index contributed by atoms with van der Waals surface area (Å²) < 4.78 is 78.6. The second kappa shape index (κ2) is 7.67. The number of fused-ring (bicyclic) bond motifs is 2. The van der Waals surface area contributed by atoms with Crippen LogP contribution in [0.15, 0.2) is 30.7 Å². The number of rotatable bonds is 6. The lowest BCUT2D eigenvalue weighted by atomic mass is 9.88. The number of hydrogen-bond donors (Lipinski definition) is 3. The van der Waals surface area contributed by atoms with Crippen LogP contribution in [0.3, 0.4) is 0 Å². The van der Waals surface area contributed by atoms with Gasteiger partial charge in [0.25, 0.3) is 0 Å². The van der Waals surface area contributed by atoms with Crippen LogP contribution in [0.1, 0.15) is 12.0 Å². The number of amides is 1. The minimum absolute atomic E-state index is 0.0535. The molecule has 0 saturated heterocycles. The molecular weight excluding hydrogens is 444 g/mol. The van der Waals surface area contributed by atoms with Crippen LogP contribution in [0.2, 0.25) is 0 Å². The number of anilines is 3. The summed E-state index contributed by atoms with van der Waals surface area (Å²) in [5.41, 5.74) is 4.37. The number of allylic oxidation sites excluding steroid dienone is 1. The van der Waals surface area contributed by atoms with Crippen molar-refractivity contribution in [3.05, 3.63) is 36.3 Å². The van der Waals surface area contributed by atoms with Gasteiger partial charge in [0.2, 0.25) is 11.9 Å². The lowest BCUT2D eigenvalue weighted by Gasteiger charge is -2.28. The molecule has 1 fully saturated rings. The highest BCUT2D eigenvalue weighted by molar-refractivity contribution is 5.80. The van der Waals surface area contributed by atoms with Gasteiger partial charge in [0.15, 0.2) is 0 Å². The number of nitrogens with one attached hydrogen (secondary N) is 2. The smallest absolute Gasteiger partial charge is 0.369 e. The molecule has 0 unspecified atom stereocenters. The first-order valence-electron chi connectivity index (χ1n) is 9.45. The molecule has 2 bridgehead atoms. The number of carbonyl (C=O) groups excluding carboxylic acids is 1. The molecule has 0 radical (unpaired) electrons. The Bertz CT molecular complexity index is 1050. The molecule has 0 spiro atoms. The van der Waals surface area contributed by atoms with Crippen LogP contribution in [-0.4, -0.2) is 37.9 Å². The highest BCUT2D eigenvalue weighted by Gasteiger charge is 2.48. The van der Waals surface area contributed by atoms with Crippen LogP contribution in [0, 0.1) is 17.8 Å². The Morgan fingerprint density at radius 1 is 1.16 bits per heavy atom. The standard InChI is InChI=1S/C18H17F6N7O/c19-17(20,21)7-31-6-10(4-27-31)28-16-26-5-11(18(22,23)24)15(30-16)29-13-9-2-1-8(3-9)12(13)14(25)32/h1-2,4-6,8-9,12-13H,3,7H2,(H2,25,32)(H2,26,28,29,30)/t8-,9+,12+,13-/m0/s1. The van der Waals surface area contributed by atoms with Gasteiger partial charge in [-0.3, -0.25) is 9.48 Å². The molecule has 0 aliphatic heterocycles. The van der Waals surface area contributed by atoms with E-state index in [4.69, 9.17) is 5.73 Å². The Balaban J connectivity index is 1.60. The normalized spacial score (nSPS) is 24.7. The lowest BCUT2D eigenvalue weighted by molar-refractivity contribution is -0.142. The molecule has 1 saturated carbocycles. The molecule has 8 nitrogen and oxygen atoms in total. The van der Waals surface area contributed by atoms with E-state index in [0.717, 1.165) is 12.4 Å². The van der Waals surface area contributed by atoms with Crippen molar-refractivity contribution in [3.8, 4) is 0 Å². The Morgan fingerprint density at radius 3 is 2.53 bits per heavy atom. The van der Waals surface area contributed by atoms with Gasteiger partial charge < -0.3 is 16.4 Å². The summed E-state index contributed by atoms with van der Waals surface area (Å²) in [4.78, 5) is 19.4. The first-order valence-corrected chi connectivity index (χ1v) is 9.45. The Kier molecular flexibility index (Phi) is 5.25. The number of primary amides is 1. The van der Waals surface area contributed by atoms with Crippen molar-refractivity contribution in [2.24, 2.45) is 23.5 Å². The van der Waals surface area contributed by atoms with Crippen LogP contribution in [0.4, 0.5) is 43.8 Å². The van der Waals surface area contributed by atoms with E-state index < -0.39 is 48.1 Å². The Morgan fingerprint density at radius 2 is 1.88 bits per heavy atom. The zero-order chi connectivity index (χ0) is 23.3. The zero-order valence-electron chi connectivity index (χ0n) is 16.2. The van der Waals surface area contributed by atoms with Crippen molar-refractivity contribution >= 4 is 23.4 Å². The summed E-state index contributed by atoms with van der Waals surface area (Å²) in [5.74, 6) is -2.53. The van der Waals surface area contributed by atoms with E-state index in [1.807, 2.05) is 12.2 Å². The van der Waals surface area contributed by atoms with Crippen molar-refractivity contribution in [3.63, 3.8) is 0 Å². The fourth-order valence-corrected chi connectivity index (χ4v) is 4.15. The van der Waals surface area contributed by atoms with Gasteiger partial charge in [-0.05, 0) is 18.3 Å². The average molecular weight is 461 g/mol. The topological polar surface area (TPSA) is 111 Å². The van der Waals surface area contributed by atoms with Crippen LogP contribution in [0.25, 0.3) is 0 Å². The van der Waals surface area contributed by atoms with E-state index in [1.54, 1.807) is 0 Å². The molecule has 172 valence electrons. The van der Waals surface area contributed by atoms with E-state index in [9.17, 15) is 31.1 Å². The largest absolute Gasteiger partial charge is 0.421 e. The number of carbonyl (C=O) groups is 1. The van der Waals surface area contributed by atoms with Crippen LogP contribution >= 0.6 is 0 Å². The Hall–Kier alpha value is -3.32. The minimum atomic E-state index is -4.78. The number of hydrogen-bond acceptors (Lipinski definition) is 6. The summed E-state index contributed by atoms with van der Waals surface area (Å²) in [6.45, 7) is -1.33. The van der Waals surface area contributed by atoms with Gasteiger partial charge in [-0.15, -0.1) is 0 Å². The first-order chi connectivity index (χ1) is 14.9. The molecule has 2 aromatic rings. The molecule has 2 aromatic heterocycles. The van der Waals surface area contributed by atoms with Crippen LogP contribution in [-0.2, 0) is 17.5 Å². The van der Waals surface area contributed by atoms with Gasteiger partial charge >= 0.3 is 12.4 Å². The number of halogens is 6. The van der Waals surface area contributed by atoms with Gasteiger partial charge in [0.1, 0.15) is 17.9 Å². The van der Waals surface area contributed by atoms with Gasteiger partial charge in [-0.2, -0.15) is 36.4 Å². The molecule has 2 heterocycles. The van der Waals surface area contributed by atoms with E-state index in [2.05, 4.69) is 25.7 Å². The number of alkyl halides is 6. The van der Waals surface area contributed by atoms with Crippen molar-refractivity contribution in [1.82, 2.24) is 19.7 Å². The quantitative estimate of drug-likeness (QED) is 0.451. The maximum atomic E-state index is 13.5. The highest BCUT2D eigenvalue weighted by atomic mass is 19.4. The van der Waals surface area contributed by atoms with Crippen molar-refractivity contribution in [2.45, 2.75) is 31.4 Å². The van der Waals surface area contributed by atoms with Crippen molar-refractivity contribution in [2.75, 3.05) is 10.6 Å². The fourth-order valence-electron chi connectivity index (χ4n) is 4.15. The molecule has 2 aliphatic carbocycles. The van der Waals surface area contributed by atoms with Crippen molar-refractivity contribution in [1.29, 1.82) is 0 Å². The van der Waals surface area contributed by atoms with Crippen molar-refractivity contribution < 1.29 is 31.1 Å². The predicted octanol–water partition coefficient (Wildman–Crippen LogP) is 3.09. The summed E-state index contributed by atoms with van der Waals surface area (Å²) >= 11 is 0. The molecule has 0 aromatic carbocycles. The monoisotopic (exact) mass is 461 g/mol. The second-order valence-corrected chi connectivity index (χ2v) is 7.67. The van der Waals surface area contributed by atoms with E-state index in [1.165, 1.54) is 0 Å². The minimum Gasteiger partial charge on any atom is -0.369 e. The predicted molar refractivity (Wildman–Crippen MR) is 99.4 cm³/mol. The van der Waals surface area contributed by atoms with Crippen LogP contribution < -0.4 is 16.4 Å². The van der Waals surface area contributed by atoms with E-state index >= 15 is 0 Å². The van der Waals surface area contributed by atoms with Gasteiger partial charge in [0, 0.05) is 18.4 Å². The third kappa shape index (κ3) is 4.48. The SMILES string of the molecule is NC(=O)[C@H]1[C@@H](Nc2nc(Nc3cnn(CC(F)(F)F)c3)ncc2C(F)(F)F)[C@@H]2C=C[C@H]1C2. The maximum absolute atomic E-state index is 13.5. The summed E-state index contributed by atoms with van der Waals surface area (Å²) in [7, 11) is 0. The third-order valence-electron chi connectivity index (χ3n) is 5.42. The average Bonchev–Trinajstić information content (AvgIpc) is 3.36. The second-order valence-electron chi connectivity index (χ2n) is 7.67. The van der Waals surface area contributed by atoms with Gasteiger partial charge in [-0.25, -0.2) is 4.98 Å². The number of nitrogens with zero attached hydrogens (tertiary/aromatic N) is 4. The molecular formula is C18H17F6N7O. The lowest BCUT2D eigenvalue weighted by Crippen LogP contribution is -2.41. The summed E-state index contributed by atoms with van der Waals surface area (Å²) in [6.07, 6.45) is -2.40. The van der Waals surface area contributed by atoms with Gasteiger partial charge in [-0.1, -0.05) is 12.2 Å². The van der Waals surface area contributed by atoms with Gasteiger partial charge in [0.05, 0.1) is 17.8 Å². The number of aromatic nitrogens is 4. The summed E-state index contributed by atoms with van der Waals surface area (Å²) in [6, 6.07) is -0.680. The molecule has 4 atom stereocenters. The maximum Gasteiger partial charge on any atom is 0.421 e. The van der Waals surface area contributed by atoms with Crippen LogP contribution in [0.5, 0.6) is 0 Å². The molecule has 1 amide bonds. The third-order valence-corrected chi connectivity index (χ3v) is 5.42. The van der Waals surface area contributed by atoms with E-state index in [-0.39, 0.29) is 23.5 Å². The molecule has 32 heavy (non-hydrogen) atoms. The number of nitrogens with two attached hydrogens (primary N) is 1. The van der Waals surface area contributed by atoms with E-state index in [0.29, 0.717) is 17.3 Å². The fraction of sp³-hybridized carbons (Fsp3) is 0.444. The zero-order valence-corrected chi connectivity index (χ0v) is 16.2. The molecule has 4 rings (SSSR count). The molecule has 4 N–H and O–H groups in total. The summed E-state index contributed by atoms with van der Waals surface area (Å²) in [5, 5.41) is 8.78. The first kappa shape index (κ1) is 21.9. The Labute approximate surface area is 176 Å². The molecule has 14 heteroatoms. The molecule has 2 aliphatic rings.